The number of rotatable bonds is 7. The summed E-state index contributed by atoms with van der Waals surface area (Å²) in [7, 11) is 0. The topological polar surface area (TPSA) is 136 Å². The molecular weight excluding hydrogens is 422 g/mol. The minimum Gasteiger partial charge on any atom is -0.392 e. The molecule has 11 nitrogen and oxygen atoms in total. The molecule has 11 heteroatoms. The van der Waals surface area contributed by atoms with E-state index in [0.29, 0.717) is 17.7 Å². The van der Waals surface area contributed by atoms with Gasteiger partial charge in [-0.1, -0.05) is 6.07 Å². The number of H-pyrrole nitrogens is 1. The largest absolute Gasteiger partial charge is 0.392 e. The van der Waals surface area contributed by atoms with Crippen molar-refractivity contribution in [1.29, 1.82) is 0 Å². The number of carbonyl (C=O) groups is 1. The number of hydrogen-bond donors (Lipinski definition) is 4. The Morgan fingerprint density at radius 2 is 2.21 bits per heavy atom. The number of hydrogen-bond acceptors (Lipinski definition) is 8. The lowest BCUT2D eigenvalue weighted by atomic mass is 10.1. The minimum absolute atomic E-state index is 0.117. The van der Waals surface area contributed by atoms with E-state index < -0.39 is 6.10 Å². The summed E-state index contributed by atoms with van der Waals surface area (Å²) >= 11 is 0. The third kappa shape index (κ3) is 4.35. The van der Waals surface area contributed by atoms with Crippen molar-refractivity contribution in [3.63, 3.8) is 0 Å². The number of anilines is 3. The summed E-state index contributed by atoms with van der Waals surface area (Å²) in [6.45, 7) is 2.61. The molecule has 0 spiro atoms. The van der Waals surface area contributed by atoms with Crippen molar-refractivity contribution in [2.45, 2.75) is 31.9 Å². The number of nitrogens with zero attached hydrogens (tertiary/aromatic N) is 6. The Kier molecular flexibility index (Phi) is 5.61. The van der Waals surface area contributed by atoms with Crippen LogP contribution in [0.3, 0.4) is 0 Å². The zero-order valence-electron chi connectivity index (χ0n) is 18.1. The fourth-order valence-corrected chi connectivity index (χ4v) is 3.97. The molecule has 5 rings (SSSR count). The lowest BCUT2D eigenvalue weighted by molar-refractivity contribution is 0.0919. The molecular formula is C22H25N9O2. The highest BCUT2D eigenvalue weighted by molar-refractivity contribution is 5.93. The van der Waals surface area contributed by atoms with Crippen molar-refractivity contribution in [3.8, 4) is 0 Å². The lowest BCUT2D eigenvalue weighted by Crippen LogP contribution is -2.30. The zero-order valence-corrected chi connectivity index (χ0v) is 18.1. The Morgan fingerprint density at radius 3 is 3.03 bits per heavy atom. The number of aliphatic hydroxyl groups is 1. The Labute approximate surface area is 189 Å². The van der Waals surface area contributed by atoms with Gasteiger partial charge in [0.1, 0.15) is 11.3 Å². The van der Waals surface area contributed by atoms with E-state index in [0.717, 1.165) is 30.7 Å². The van der Waals surface area contributed by atoms with Gasteiger partial charge in [-0.2, -0.15) is 15.1 Å². The maximum absolute atomic E-state index is 12.2. The molecule has 4 aromatic heterocycles. The molecule has 0 bridgehead atoms. The molecule has 0 saturated carbocycles. The van der Waals surface area contributed by atoms with Gasteiger partial charge < -0.3 is 20.6 Å². The summed E-state index contributed by atoms with van der Waals surface area (Å²) in [6.07, 6.45) is 5.06. The third-order valence-corrected chi connectivity index (χ3v) is 5.54. The van der Waals surface area contributed by atoms with Crippen molar-refractivity contribution in [3.05, 3.63) is 60.2 Å². The van der Waals surface area contributed by atoms with Gasteiger partial charge in [0, 0.05) is 31.5 Å². The van der Waals surface area contributed by atoms with Crippen LogP contribution in [0.5, 0.6) is 0 Å². The van der Waals surface area contributed by atoms with Crippen LogP contribution >= 0.6 is 0 Å². The Morgan fingerprint density at radius 1 is 1.30 bits per heavy atom. The van der Waals surface area contributed by atoms with Crippen LogP contribution in [0.4, 0.5) is 17.7 Å². The van der Waals surface area contributed by atoms with Crippen LogP contribution in [-0.2, 0) is 0 Å². The standard InChI is InChI=1S/C22H25N9O2/c1-14(32)13-24-20(33)16-12-18(29-28-16)25-21-27-22(26-19-8-5-11-31(19)21)30-10-4-7-17(30)15-6-2-3-9-23-15/h2-3,5-6,8-9,11-12,14,17,32H,4,7,10,13H2,1H3,(H,24,33)(H2,25,26,27,28,29)/t14-,17?/m0/s1. The number of aliphatic hydroxyl groups excluding tert-OH is 1. The summed E-state index contributed by atoms with van der Waals surface area (Å²) < 4.78 is 1.83. The number of aromatic nitrogens is 6. The van der Waals surface area contributed by atoms with E-state index in [9.17, 15) is 9.90 Å². The Balaban J connectivity index is 1.42. The van der Waals surface area contributed by atoms with Gasteiger partial charge in [-0.05, 0) is 44.0 Å². The van der Waals surface area contributed by atoms with E-state index in [-0.39, 0.29) is 24.2 Å². The highest BCUT2D eigenvalue weighted by atomic mass is 16.3. The van der Waals surface area contributed by atoms with Gasteiger partial charge in [-0.25, -0.2) is 0 Å². The molecule has 170 valence electrons. The number of nitrogens with one attached hydrogen (secondary N) is 3. The zero-order chi connectivity index (χ0) is 22.8. The highest BCUT2D eigenvalue weighted by Crippen LogP contribution is 2.34. The minimum atomic E-state index is -0.628. The van der Waals surface area contributed by atoms with Gasteiger partial charge >= 0.3 is 0 Å². The summed E-state index contributed by atoms with van der Waals surface area (Å²) in [5.41, 5.74) is 2.04. The Bertz CT molecular complexity index is 1250. The van der Waals surface area contributed by atoms with Gasteiger partial charge in [-0.3, -0.25) is 19.3 Å². The molecule has 0 aliphatic carbocycles. The maximum atomic E-state index is 12.2. The average Bonchev–Trinajstić information content (AvgIpc) is 3.58. The van der Waals surface area contributed by atoms with Crippen molar-refractivity contribution in [2.75, 3.05) is 23.3 Å². The van der Waals surface area contributed by atoms with Crippen molar-refractivity contribution < 1.29 is 9.90 Å². The molecule has 1 amide bonds. The van der Waals surface area contributed by atoms with Gasteiger partial charge in [0.25, 0.3) is 5.91 Å². The van der Waals surface area contributed by atoms with Crippen LogP contribution in [0, 0.1) is 0 Å². The highest BCUT2D eigenvalue weighted by Gasteiger charge is 2.29. The first-order chi connectivity index (χ1) is 16.1. The summed E-state index contributed by atoms with van der Waals surface area (Å²) in [5, 5.41) is 22.1. The molecule has 1 saturated heterocycles. The van der Waals surface area contributed by atoms with Gasteiger partial charge in [0.2, 0.25) is 11.9 Å². The molecule has 0 aromatic carbocycles. The monoisotopic (exact) mass is 447 g/mol. The lowest BCUT2D eigenvalue weighted by Gasteiger charge is -2.24. The predicted octanol–water partition coefficient (Wildman–Crippen LogP) is 2.04. The second-order valence-corrected chi connectivity index (χ2v) is 8.04. The Hall–Kier alpha value is -3.99. The fraction of sp³-hybridized carbons (Fsp3) is 0.318. The summed E-state index contributed by atoms with van der Waals surface area (Å²) in [5.74, 6) is 1.25. The second kappa shape index (κ2) is 8.87. The molecule has 2 atom stereocenters. The summed E-state index contributed by atoms with van der Waals surface area (Å²) in [6, 6.07) is 11.5. The van der Waals surface area contributed by atoms with Crippen LogP contribution in [-0.4, -0.2) is 59.8 Å². The van der Waals surface area contributed by atoms with Crippen molar-refractivity contribution in [2.24, 2.45) is 0 Å². The maximum Gasteiger partial charge on any atom is 0.269 e. The van der Waals surface area contributed by atoms with Crippen LogP contribution in [0.2, 0.25) is 0 Å². The molecule has 4 N–H and O–H groups in total. The first-order valence-corrected chi connectivity index (χ1v) is 10.9. The summed E-state index contributed by atoms with van der Waals surface area (Å²) in [4.78, 5) is 28.5. The quantitative estimate of drug-likeness (QED) is 0.338. The smallest absolute Gasteiger partial charge is 0.269 e. The van der Waals surface area contributed by atoms with Crippen LogP contribution < -0.4 is 15.5 Å². The number of amides is 1. The predicted molar refractivity (Wildman–Crippen MR) is 122 cm³/mol. The number of pyridine rings is 1. The van der Waals surface area contributed by atoms with Gasteiger partial charge in [-0.15, -0.1) is 0 Å². The van der Waals surface area contributed by atoms with Gasteiger partial charge in [0.15, 0.2) is 5.82 Å². The third-order valence-electron chi connectivity index (χ3n) is 5.54. The van der Waals surface area contributed by atoms with Crippen LogP contribution in [0.15, 0.2) is 48.8 Å². The first-order valence-electron chi connectivity index (χ1n) is 10.9. The fourth-order valence-electron chi connectivity index (χ4n) is 3.97. The molecule has 1 fully saturated rings. The number of aromatic amines is 1. The number of fused-ring (bicyclic) bond motifs is 1. The van der Waals surface area contributed by atoms with E-state index in [1.807, 2.05) is 47.1 Å². The molecule has 1 aliphatic rings. The van der Waals surface area contributed by atoms with Crippen molar-refractivity contribution >= 4 is 29.3 Å². The van der Waals surface area contributed by atoms with E-state index in [4.69, 9.17) is 9.97 Å². The van der Waals surface area contributed by atoms with Crippen LogP contribution in [0.25, 0.3) is 5.65 Å². The second-order valence-electron chi connectivity index (χ2n) is 8.04. The van der Waals surface area contributed by atoms with Crippen LogP contribution in [0.1, 0.15) is 42.0 Å². The molecule has 1 unspecified atom stereocenters. The van der Waals surface area contributed by atoms with E-state index >= 15 is 0 Å². The molecule has 4 aromatic rings. The molecule has 5 heterocycles. The van der Waals surface area contributed by atoms with E-state index in [1.165, 1.54) is 0 Å². The SMILES string of the molecule is C[C@H](O)CNC(=O)c1cc(Nc2nc(N3CCCC3c3ccccn3)nc3cccn23)n[nH]1. The molecule has 1 aliphatic heterocycles. The number of carbonyl (C=O) groups excluding carboxylic acids is 1. The van der Waals surface area contributed by atoms with E-state index in [1.54, 1.807) is 13.0 Å². The molecule has 33 heavy (non-hydrogen) atoms. The van der Waals surface area contributed by atoms with E-state index in [2.05, 4.69) is 30.7 Å². The normalized spacial score (nSPS) is 16.8. The van der Waals surface area contributed by atoms with Crippen molar-refractivity contribution in [1.82, 2.24) is 34.9 Å². The first kappa shape index (κ1) is 20.9. The van der Waals surface area contributed by atoms with Gasteiger partial charge in [0.05, 0.1) is 17.8 Å². The average molecular weight is 448 g/mol. The molecule has 0 radical (unpaired) electrons.